The predicted molar refractivity (Wildman–Crippen MR) is 72.8 cm³/mol. The number of nitrogens with zero attached hydrogens (tertiary/aromatic N) is 2. The summed E-state index contributed by atoms with van der Waals surface area (Å²) >= 11 is 0. The zero-order chi connectivity index (χ0) is 13.8. The van der Waals surface area contributed by atoms with Crippen LogP contribution < -0.4 is 5.73 Å². The van der Waals surface area contributed by atoms with Crippen LogP contribution in [-0.2, 0) is 6.54 Å². The minimum absolute atomic E-state index is 0.288. The molecule has 2 atom stereocenters. The van der Waals surface area contributed by atoms with Crippen molar-refractivity contribution in [2.24, 2.45) is 11.7 Å². The summed E-state index contributed by atoms with van der Waals surface area (Å²) < 4.78 is 13.3. The summed E-state index contributed by atoms with van der Waals surface area (Å²) in [6.07, 6.45) is 3.50. The van der Waals surface area contributed by atoms with E-state index in [1.807, 2.05) is 7.05 Å². The highest BCUT2D eigenvalue weighted by Gasteiger charge is 2.29. The van der Waals surface area contributed by atoms with Gasteiger partial charge in [0.2, 0.25) is 0 Å². The Morgan fingerprint density at radius 2 is 2.26 bits per heavy atom. The topological polar surface area (TPSA) is 53.0 Å². The van der Waals surface area contributed by atoms with Crippen molar-refractivity contribution in [2.75, 3.05) is 13.6 Å². The SMILES string of the molecule is CN(Cc1cc(F)ccc1C#N)C1CCCC1CN. The molecule has 1 aromatic carbocycles. The Hall–Kier alpha value is -1.44. The molecule has 0 radical (unpaired) electrons. The molecule has 1 aliphatic carbocycles. The minimum Gasteiger partial charge on any atom is -0.330 e. The van der Waals surface area contributed by atoms with Crippen LogP contribution in [0.3, 0.4) is 0 Å². The van der Waals surface area contributed by atoms with Crippen LogP contribution in [0.5, 0.6) is 0 Å². The van der Waals surface area contributed by atoms with Gasteiger partial charge in [-0.2, -0.15) is 5.26 Å². The molecule has 0 bridgehead atoms. The van der Waals surface area contributed by atoms with Crippen molar-refractivity contribution in [1.29, 1.82) is 5.26 Å². The van der Waals surface area contributed by atoms with Gasteiger partial charge in [0, 0.05) is 12.6 Å². The summed E-state index contributed by atoms with van der Waals surface area (Å²) in [6.45, 7) is 1.30. The number of rotatable bonds is 4. The van der Waals surface area contributed by atoms with Gasteiger partial charge in [-0.25, -0.2) is 4.39 Å². The van der Waals surface area contributed by atoms with Gasteiger partial charge in [0.05, 0.1) is 11.6 Å². The van der Waals surface area contributed by atoms with Crippen LogP contribution in [-0.4, -0.2) is 24.5 Å². The Labute approximate surface area is 113 Å². The number of hydrogen-bond donors (Lipinski definition) is 1. The van der Waals surface area contributed by atoms with Crippen molar-refractivity contribution in [3.63, 3.8) is 0 Å². The van der Waals surface area contributed by atoms with Crippen LogP contribution in [0.2, 0.25) is 0 Å². The maximum Gasteiger partial charge on any atom is 0.123 e. The van der Waals surface area contributed by atoms with Gasteiger partial charge >= 0.3 is 0 Å². The lowest BCUT2D eigenvalue weighted by molar-refractivity contribution is 0.192. The summed E-state index contributed by atoms with van der Waals surface area (Å²) in [6, 6.07) is 6.91. The fourth-order valence-corrected chi connectivity index (χ4v) is 3.06. The van der Waals surface area contributed by atoms with E-state index < -0.39 is 0 Å². The van der Waals surface area contributed by atoms with Gasteiger partial charge in [0.15, 0.2) is 0 Å². The highest BCUT2D eigenvalue weighted by Crippen LogP contribution is 2.29. The molecule has 0 heterocycles. The molecule has 0 spiro atoms. The van der Waals surface area contributed by atoms with E-state index in [0.717, 1.165) is 12.0 Å². The molecule has 2 N–H and O–H groups in total. The van der Waals surface area contributed by atoms with Crippen LogP contribution in [0.25, 0.3) is 0 Å². The number of hydrogen-bond acceptors (Lipinski definition) is 3. The van der Waals surface area contributed by atoms with E-state index in [9.17, 15) is 4.39 Å². The Kier molecular flexibility index (Phi) is 4.52. The third-order valence-corrected chi connectivity index (χ3v) is 4.10. The molecule has 2 rings (SSSR count). The second kappa shape index (κ2) is 6.14. The smallest absolute Gasteiger partial charge is 0.123 e. The van der Waals surface area contributed by atoms with E-state index in [1.165, 1.54) is 25.0 Å². The first-order chi connectivity index (χ1) is 9.15. The molecule has 0 amide bonds. The van der Waals surface area contributed by atoms with E-state index in [2.05, 4.69) is 11.0 Å². The van der Waals surface area contributed by atoms with Crippen LogP contribution in [0, 0.1) is 23.1 Å². The second-order valence-corrected chi connectivity index (χ2v) is 5.32. The molecule has 2 unspecified atom stereocenters. The quantitative estimate of drug-likeness (QED) is 0.904. The summed E-state index contributed by atoms with van der Waals surface area (Å²) in [7, 11) is 2.03. The molecule has 1 saturated carbocycles. The Bertz CT molecular complexity index is 481. The highest BCUT2D eigenvalue weighted by molar-refractivity contribution is 5.37. The van der Waals surface area contributed by atoms with Gasteiger partial charge in [-0.15, -0.1) is 0 Å². The summed E-state index contributed by atoms with van der Waals surface area (Å²) in [4.78, 5) is 2.21. The standard InChI is InChI=1S/C15H20FN3/c1-19(15-4-2-3-12(15)9-18)10-13-7-14(16)6-5-11(13)8-17/h5-7,12,15H,2-4,9-10,18H2,1H3. The van der Waals surface area contributed by atoms with Crippen LogP contribution in [0.4, 0.5) is 4.39 Å². The molecule has 1 aliphatic rings. The van der Waals surface area contributed by atoms with E-state index in [0.29, 0.717) is 30.6 Å². The van der Waals surface area contributed by atoms with E-state index >= 15 is 0 Å². The monoisotopic (exact) mass is 261 g/mol. The first-order valence-corrected chi connectivity index (χ1v) is 6.74. The van der Waals surface area contributed by atoms with Crippen molar-refractivity contribution in [3.05, 3.63) is 35.1 Å². The first kappa shape index (κ1) is 14.0. The van der Waals surface area contributed by atoms with Crippen molar-refractivity contribution in [1.82, 2.24) is 4.90 Å². The molecule has 1 fully saturated rings. The lowest BCUT2D eigenvalue weighted by atomic mass is 10.0. The lowest BCUT2D eigenvalue weighted by Crippen LogP contribution is -2.37. The molecule has 0 aromatic heterocycles. The average molecular weight is 261 g/mol. The normalized spacial score (nSPS) is 22.7. The summed E-state index contributed by atoms with van der Waals surface area (Å²) in [5.74, 6) is 0.230. The third kappa shape index (κ3) is 3.12. The number of benzene rings is 1. The van der Waals surface area contributed by atoms with Crippen LogP contribution >= 0.6 is 0 Å². The molecule has 1 aromatic rings. The van der Waals surface area contributed by atoms with E-state index in [4.69, 9.17) is 11.0 Å². The molecule has 3 nitrogen and oxygen atoms in total. The molecule has 4 heteroatoms. The molecule has 102 valence electrons. The maximum absolute atomic E-state index is 13.3. The van der Waals surface area contributed by atoms with Gasteiger partial charge < -0.3 is 5.73 Å². The van der Waals surface area contributed by atoms with E-state index in [-0.39, 0.29) is 5.82 Å². The molecular formula is C15H20FN3. The van der Waals surface area contributed by atoms with Gasteiger partial charge in [-0.1, -0.05) is 6.42 Å². The maximum atomic E-state index is 13.3. The lowest BCUT2D eigenvalue weighted by Gasteiger charge is -2.29. The number of nitrogens with two attached hydrogens (primary N) is 1. The highest BCUT2D eigenvalue weighted by atomic mass is 19.1. The third-order valence-electron chi connectivity index (χ3n) is 4.10. The largest absolute Gasteiger partial charge is 0.330 e. The summed E-state index contributed by atoms with van der Waals surface area (Å²) in [5.41, 5.74) is 7.11. The number of halogens is 1. The zero-order valence-corrected chi connectivity index (χ0v) is 11.3. The first-order valence-electron chi connectivity index (χ1n) is 6.74. The Balaban J connectivity index is 2.12. The second-order valence-electron chi connectivity index (χ2n) is 5.32. The minimum atomic E-state index is -0.288. The Morgan fingerprint density at radius 1 is 1.47 bits per heavy atom. The van der Waals surface area contributed by atoms with Crippen molar-refractivity contribution < 1.29 is 4.39 Å². The van der Waals surface area contributed by atoms with Crippen molar-refractivity contribution in [2.45, 2.75) is 31.8 Å². The summed E-state index contributed by atoms with van der Waals surface area (Å²) in [5, 5.41) is 9.07. The van der Waals surface area contributed by atoms with Crippen molar-refractivity contribution in [3.8, 4) is 6.07 Å². The van der Waals surface area contributed by atoms with Gasteiger partial charge in [0.25, 0.3) is 0 Å². The van der Waals surface area contributed by atoms with Gasteiger partial charge in [-0.3, -0.25) is 4.90 Å². The van der Waals surface area contributed by atoms with Gasteiger partial charge in [-0.05, 0) is 56.1 Å². The molecule has 0 saturated heterocycles. The predicted octanol–water partition coefficient (Wildman–Crippen LogP) is 2.26. The Morgan fingerprint density at radius 3 is 2.95 bits per heavy atom. The van der Waals surface area contributed by atoms with Crippen molar-refractivity contribution >= 4 is 0 Å². The zero-order valence-electron chi connectivity index (χ0n) is 11.3. The average Bonchev–Trinajstić information content (AvgIpc) is 2.87. The molecule has 19 heavy (non-hydrogen) atoms. The van der Waals surface area contributed by atoms with Crippen LogP contribution in [0.15, 0.2) is 18.2 Å². The fraction of sp³-hybridized carbons (Fsp3) is 0.533. The molecule has 0 aliphatic heterocycles. The molecular weight excluding hydrogens is 241 g/mol. The van der Waals surface area contributed by atoms with E-state index in [1.54, 1.807) is 6.07 Å². The van der Waals surface area contributed by atoms with Gasteiger partial charge in [0.1, 0.15) is 5.82 Å². The van der Waals surface area contributed by atoms with Crippen LogP contribution in [0.1, 0.15) is 30.4 Å². The number of nitriles is 1. The fourth-order valence-electron chi connectivity index (χ4n) is 3.06.